The zero-order chi connectivity index (χ0) is 22.1. The van der Waals surface area contributed by atoms with Crippen molar-refractivity contribution in [1.29, 1.82) is 0 Å². The van der Waals surface area contributed by atoms with Crippen molar-refractivity contribution in [1.82, 2.24) is 10.6 Å². The van der Waals surface area contributed by atoms with Crippen molar-refractivity contribution < 1.29 is 28.5 Å². The molecule has 0 bridgehead atoms. The van der Waals surface area contributed by atoms with E-state index >= 15 is 0 Å². The van der Waals surface area contributed by atoms with Gasteiger partial charge in [-0.15, -0.1) is 0 Å². The van der Waals surface area contributed by atoms with Crippen LogP contribution in [0.5, 0.6) is 0 Å². The molecule has 0 rings (SSSR count). The lowest BCUT2D eigenvalue weighted by Crippen LogP contribution is -2.32. The van der Waals surface area contributed by atoms with E-state index in [0.717, 1.165) is 19.4 Å². The first-order valence-electron chi connectivity index (χ1n) is 11.5. The standard InChI is InChI=1S/C22H46N2O6/c1-4-5-6-7-8-21(2)22(25)24-10-12-27-14-16-29-18-20-30-19-17-28-15-13-26-11-9-23-3/h21,23H,4-20H2,1-3H3,(H,24,25). The quantitative estimate of drug-likeness (QED) is 0.225. The number of hydrogen-bond donors (Lipinski definition) is 2. The van der Waals surface area contributed by atoms with Gasteiger partial charge in [0.1, 0.15) is 0 Å². The molecule has 180 valence electrons. The fourth-order valence-electron chi connectivity index (χ4n) is 2.58. The van der Waals surface area contributed by atoms with E-state index < -0.39 is 0 Å². The van der Waals surface area contributed by atoms with E-state index in [4.69, 9.17) is 23.7 Å². The molecule has 0 aromatic heterocycles. The summed E-state index contributed by atoms with van der Waals surface area (Å²) in [6, 6.07) is 0. The van der Waals surface area contributed by atoms with E-state index in [9.17, 15) is 4.79 Å². The Labute approximate surface area is 183 Å². The third-order valence-corrected chi connectivity index (χ3v) is 4.47. The Morgan fingerprint density at radius 2 is 1.17 bits per heavy atom. The first kappa shape index (κ1) is 29.2. The molecule has 0 fully saturated rings. The Kier molecular flexibility index (Phi) is 23.9. The molecule has 8 nitrogen and oxygen atoms in total. The number of rotatable bonds is 24. The van der Waals surface area contributed by atoms with Crippen LogP contribution in [-0.4, -0.2) is 92.1 Å². The second-order valence-corrected chi connectivity index (χ2v) is 7.21. The van der Waals surface area contributed by atoms with Gasteiger partial charge in [0.15, 0.2) is 0 Å². The zero-order valence-electron chi connectivity index (χ0n) is 19.5. The monoisotopic (exact) mass is 434 g/mol. The van der Waals surface area contributed by atoms with Gasteiger partial charge in [0.05, 0.1) is 66.1 Å². The first-order chi connectivity index (χ1) is 14.7. The largest absolute Gasteiger partial charge is 0.378 e. The van der Waals surface area contributed by atoms with Gasteiger partial charge in [0.25, 0.3) is 0 Å². The summed E-state index contributed by atoms with van der Waals surface area (Å²) in [6.07, 6.45) is 5.76. The summed E-state index contributed by atoms with van der Waals surface area (Å²) in [7, 11) is 1.90. The highest BCUT2D eigenvalue weighted by molar-refractivity contribution is 5.78. The minimum Gasteiger partial charge on any atom is -0.378 e. The Bertz CT molecular complexity index is 361. The SMILES string of the molecule is CCCCCCC(C)C(=O)NCCOCCOCCOCCOCCOCCNC. The lowest BCUT2D eigenvalue weighted by molar-refractivity contribution is -0.125. The Morgan fingerprint density at radius 1 is 0.700 bits per heavy atom. The van der Waals surface area contributed by atoms with Gasteiger partial charge >= 0.3 is 0 Å². The molecule has 0 aromatic carbocycles. The molecule has 8 heteroatoms. The average Bonchev–Trinajstić information content (AvgIpc) is 2.75. The maximum absolute atomic E-state index is 12.0. The van der Waals surface area contributed by atoms with Crippen LogP contribution in [0.3, 0.4) is 0 Å². The molecule has 0 radical (unpaired) electrons. The molecule has 0 saturated heterocycles. The van der Waals surface area contributed by atoms with Gasteiger partial charge in [-0.2, -0.15) is 0 Å². The zero-order valence-corrected chi connectivity index (χ0v) is 19.5. The summed E-state index contributed by atoms with van der Waals surface area (Å²) < 4.78 is 27.1. The van der Waals surface area contributed by atoms with E-state index in [0.29, 0.717) is 72.6 Å². The predicted octanol–water partition coefficient (Wildman–Crippen LogP) is 2.01. The number of amides is 1. The maximum atomic E-state index is 12.0. The highest BCUT2D eigenvalue weighted by atomic mass is 16.6. The fourth-order valence-corrected chi connectivity index (χ4v) is 2.58. The highest BCUT2D eigenvalue weighted by Gasteiger charge is 2.11. The first-order valence-corrected chi connectivity index (χ1v) is 11.5. The molecule has 0 aromatic rings. The average molecular weight is 435 g/mol. The minimum absolute atomic E-state index is 0.0762. The number of nitrogens with one attached hydrogen (secondary N) is 2. The Balaban J connectivity index is 3.19. The van der Waals surface area contributed by atoms with Gasteiger partial charge in [-0.05, 0) is 13.5 Å². The molecule has 1 unspecified atom stereocenters. The van der Waals surface area contributed by atoms with Gasteiger partial charge in [0.2, 0.25) is 5.91 Å². The fraction of sp³-hybridized carbons (Fsp3) is 0.955. The van der Waals surface area contributed by atoms with Crippen molar-refractivity contribution in [3.05, 3.63) is 0 Å². The number of hydrogen-bond acceptors (Lipinski definition) is 7. The molecule has 0 spiro atoms. The molecule has 2 N–H and O–H groups in total. The van der Waals surface area contributed by atoms with E-state index in [2.05, 4.69) is 17.6 Å². The molecular weight excluding hydrogens is 388 g/mol. The maximum Gasteiger partial charge on any atom is 0.222 e. The van der Waals surface area contributed by atoms with Crippen LogP contribution in [0.2, 0.25) is 0 Å². The highest BCUT2D eigenvalue weighted by Crippen LogP contribution is 2.10. The second kappa shape index (κ2) is 24.5. The van der Waals surface area contributed by atoms with Crippen molar-refractivity contribution in [2.75, 3.05) is 86.2 Å². The molecule has 0 heterocycles. The summed E-state index contributed by atoms with van der Waals surface area (Å²) in [5.41, 5.74) is 0. The second-order valence-electron chi connectivity index (χ2n) is 7.21. The Hall–Kier alpha value is -0.770. The van der Waals surface area contributed by atoms with E-state index in [-0.39, 0.29) is 11.8 Å². The molecule has 0 aliphatic carbocycles. The predicted molar refractivity (Wildman–Crippen MR) is 119 cm³/mol. The van der Waals surface area contributed by atoms with E-state index in [1.54, 1.807) is 0 Å². The van der Waals surface area contributed by atoms with Gasteiger partial charge in [-0.1, -0.05) is 39.5 Å². The van der Waals surface area contributed by atoms with E-state index in [1.165, 1.54) is 19.3 Å². The third kappa shape index (κ3) is 21.9. The summed E-state index contributed by atoms with van der Waals surface area (Å²) in [6.45, 7) is 11.2. The van der Waals surface area contributed by atoms with Crippen LogP contribution in [0.25, 0.3) is 0 Å². The lowest BCUT2D eigenvalue weighted by Gasteiger charge is -2.12. The Morgan fingerprint density at radius 3 is 1.63 bits per heavy atom. The molecule has 30 heavy (non-hydrogen) atoms. The third-order valence-electron chi connectivity index (χ3n) is 4.47. The number of carbonyl (C=O) groups is 1. The van der Waals surface area contributed by atoms with Crippen LogP contribution in [0, 0.1) is 5.92 Å². The van der Waals surface area contributed by atoms with Gasteiger partial charge in [-0.3, -0.25) is 4.79 Å². The van der Waals surface area contributed by atoms with Crippen molar-refractivity contribution in [3.63, 3.8) is 0 Å². The van der Waals surface area contributed by atoms with Crippen molar-refractivity contribution in [2.45, 2.75) is 46.0 Å². The van der Waals surface area contributed by atoms with Crippen LogP contribution in [0.1, 0.15) is 46.0 Å². The topological polar surface area (TPSA) is 87.3 Å². The molecule has 0 aliphatic rings. The molecule has 0 saturated carbocycles. The number of likely N-dealkylation sites (N-methyl/N-ethyl adjacent to an activating group) is 1. The van der Waals surface area contributed by atoms with Crippen LogP contribution >= 0.6 is 0 Å². The molecule has 0 aliphatic heterocycles. The minimum atomic E-state index is 0.0762. The normalized spacial score (nSPS) is 12.2. The van der Waals surface area contributed by atoms with Gasteiger partial charge in [-0.25, -0.2) is 0 Å². The van der Waals surface area contributed by atoms with Crippen LogP contribution < -0.4 is 10.6 Å². The summed E-state index contributed by atoms with van der Waals surface area (Å²) in [4.78, 5) is 12.0. The van der Waals surface area contributed by atoms with Crippen LogP contribution in [0.4, 0.5) is 0 Å². The van der Waals surface area contributed by atoms with Gasteiger partial charge < -0.3 is 34.3 Å². The summed E-state index contributed by atoms with van der Waals surface area (Å²) in [5, 5.41) is 5.94. The number of carbonyl (C=O) groups excluding carboxylic acids is 1. The van der Waals surface area contributed by atoms with Crippen LogP contribution in [-0.2, 0) is 28.5 Å². The van der Waals surface area contributed by atoms with Gasteiger partial charge in [0, 0.05) is 19.0 Å². The molecule has 1 atom stereocenters. The van der Waals surface area contributed by atoms with E-state index in [1.807, 2.05) is 14.0 Å². The number of unbranched alkanes of at least 4 members (excludes halogenated alkanes) is 3. The summed E-state index contributed by atoms with van der Waals surface area (Å²) in [5.74, 6) is 0.195. The van der Waals surface area contributed by atoms with Crippen molar-refractivity contribution in [2.24, 2.45) is 5.92 Å². The van der Waals surface area contributed by atoms with Crippen molar-refractivity contribution >= 4 is 5.91 Å². The molecule has 1 amide bonds. The van der Waals surface area contributed by atoms with Crippen molar-refractivity contribution in [3.8, 4) is 0 Å². The lowest BCUT2D eigenvalue weighted by atomic mass is 10.0. The van der Waals surface area contributed by atoms with Crippen LogP contribution in [0.15, 0.2) is 0 Å². The smallest absolute Gasteiger partial charge is 0.222 e. The molecular formula is C22H46N2O6. The number of ether oxygens (including phenoxy) is 5. The summed E-state index contributed by atoms with van der Waals surface area (Å²) >= 11 is 0.